The third-order valence-electron chi connectivity index (χ3n) is 4.31. The molecule has 0 aliphatic heterocycles. The van der Waals surface area contributed by atoms with Gasteiger partial charge in [-0.1, -0.05) is 11.6 Å². The third-order valence-corrected chi connectivity index (χ3v) is 4.60. The molecule has 0 fully saturated rings. The molecule has 0 radical (unpaired) electrons. The number of hydrogen-bond acceptors (Lipinski definition) is 6. The van der Waals surface area contributed by atoms with Crippen LogP contribution in [-0.4, -0.2) is 29.7 Å². The van der Waals surface area contributed by atoms with Crippen LogP contribution in [0.25, 0.3) is 16.9 Å². The fraction of sp³-hybridized carbons (Fsp3) is 0.167. The largest absolute Gasteiger partial charge is 0.416 e. The highest BCUT2D eigenvalue weighted by atomic mass is 35.5. The van der Waals surface area contributed by atoms with Crippen molar-refractivity contribution < 1.29 is 13.2 Å². The molecule has 0 saturated carbocycles. The molecular weight excluding hydrogens is 423 g/mol. The number of benzene rings is 1. The molecule has 0 spiro atoms. The quantitative estimate of drug-likeness (QED) is 0.506. The number of fused-ring (bicyclic) bond motifs is 1. The lowest BCUT2D eigenvalue weighted by molar-refractivity contribution is -0.137. The Bertz CT molecular complexity index is 1270. The van der Waals surface area contributed by atoms with Crippen LogP contribution in [0, 0.1) is 0 Å². The molecule has 0 bridgehead atoms. The molecule has 3 aromatic heterocycles. The van der Waals surface area contributed by atoms with Crippen LogP contribution in [0.3, 0.4) is 0 Å². The lowest BCUT2D eigenvalue weighted by Gasteiger charge is -2.18. The Morgan fingerprint density at radius 3 is 2.60 bits per heavy atom. The normalized spacial score (nSPS) is 12.8. The summed E-state index contributed by atoms with van der Waals surface area (Å²) >= 11 is 6.01. The Kier molecular flexibility index (Phi) is 4.90. The predicted octanol–water partition coefficient (Wildman–Crippen LogP) is 3.74. The number of pyridine rings is 1. The first kappa shape index (κ1) is 19.8. The van der Waals surface area contributed by atoms with Gasteiger partial charge in [0.2, 0.25) is 0 Å². The van der Waals surface area contributed by atoms with E-state index in [1.54, 1.807) is 13.0 Å². The van der Waals surface area contributed by atoms with E-state index in [9.17, 15) is 18.0 Å². The molecule has 3 heterocycles. The molecule has 12 heteroatoms. The van der Waals surface area contributed by atoms with Gasteiger partial charge in [-0.2, -0.15) is 23.0 Å². The molecule has 1 unspecified atom stereocenters. The van der Waals surface area contributed by atoms with Gasteiger partial charge in [0.25, 0.3) is 11.5 Å². The van der Waals surface area contributed by atoms with Crippen LogP contribution in [0.15, 0.2) is 47.8 Å². The first-order valence-electron chi connectivity index (χ1n) is 8.61. The fourth-order valence-corrected chi connectivity index (χ4v) is 3.26. The fourth-order valence-electron chi connectivity index (χ4n) is 3.00. The number of aromatic amines is 1. The van der Waals surface area contributed by atoms with Gasteiger partial charge < -0.3 is 10.3 Å². The van der Waals surface area contributed by atoms with Crippen molar-refractivity contribution in [2.24, 2.45) is 0 Å². The van der Waals surface area contributed by atoms with Gasteiger partial charge in [0, 0.05) is 29.5 Å². The zero-order chi connectivity index (χ0) is 21.5. The smallest absolute Gasteiger partial charge is 0.375 e. The maximum Gasteiger partial charge on any atom is 0.416 e. The number of alkyl halides is 3. The van der Waals surface area contributed by atoms with Crippen molar-refractivity contribution in [2.45, 2.75) is 19.1 Å². The number of H-pyrrole nitrogens is 1. The molecule has 0 saturated heterocycles. The van der Waals surface area contributed by atoms with E-state index in [-0.39, 0.29) is 27.6 Å². The summed E-state index contributed by atoms with van der Waals surface area (Å²) in [5.41, 5.74) is -1.19. The number of hydrogen-bond donors (Lipinski definition) is 2. The number of aromatic nitrogens is 6. The van der Waals surface area contributed by atoms with Gasteiger partial charge in [-0.25, -0.2) is 15.0 Å². The molecule has 30 heavy (non-hydrogen) atoms. The first-order valence-corrected chi connectivity index (χ1v) is 8.99. The molecule has 154 valence electrons. The second-order valence-electron chi connectivity index (χ2n) is 6.37. The van der Waals surface area contributed by atoms with Gasteiger partial charge >= 0.3 is 6.18 Å². The van der Waals surface area contributed by atoms with Crippen LogP contribution in [-0.2, 0) is 6.18 Å². The van der Waals surface area contributed by atoms with Crippen molar-refractivity contribution in [3.8, 4) is 5.95 Å². The van der Waals surface area contributed by atoms with Crippen LogP contribution in [0.4, 0.5) is 18.9 Å². The molecule has 4 rings (SSSR count). The molecule has 0 amide bonds. The molecule has 0 aliphatic rings. The van der Waals surface area contributed by atoms with E-state index in [4.69, 9.17) is 11.6 Å². The standard InChI is InChI=1S/C18H13ClF3N7O/c1-9(16-25-8-26-29(16)17-23-3-2-4-24-17)27-13-7-14(30)28-15-11(13)5-10(6-12(15)19)18(20,21)22/h2-9H,1H3,(H2,27,28,30). The summed E-state index contributed by atoms with van der Waals surface area (Å²) in [5.74, 6) is 0.671. The minimum atomic E-state index is -4.60. The molecular formula is C18H13ClF3N7O. The number of halogens is 4. The highest BCUT2D eigenvalue weighted by Gasteiger charge is 2.32. The average molecular weight is 436 g/mol. The maximum absolute atomic E-state index is 13.2. The van der Waals surface area contributed by atoms with Crippen LogP contribution >= 0.6 is 11.6 Å². The topological polar surface area (TPSA) is 101 Å². The molecule has 4 aromatic rings. The van der Waals surface area contributed by atoms with Gasteiger partial charge in [-0.3, -0.25) is 4.79 Å². The number of nitrogens with one attached hydrogen (secondary N) is 2. The summed E-state index contributed by atoms with van der Waals surface area (Å²) in [4.78, 5) is 26.9. The summed E-state index contributed by atoms with van der Waals surface area (Å²) in [6.07, 6.45) is -0.215. The van der Waals surface area contributed by atoms with Crippen molar-refractivity contribution in [3.05, 3.63) is 69.8 Å². The van der Waals surface area contributed by atoms with Crippen LogP contribution in [0.1, 0.15) is 24.4 Å². The molecule has 0 aliphatic carbocycles. The van der Waals surface area contributed by atoms with Crippen molar-refractivity contribution in [2.75, 3.05) is 5.32 Å². The number of nitrogens with zero attached hydrogens (tertiary/aromatic N) is 5. The minimum absolute atomic E-state index is 0.0970. The zero-order valence-corrected chi connectivity index (χ0v) is 16.0. The van der Waals surface area contributed by atoms with Gasteiger partial charge in [0.15, 0.2) is 5.82 Å². The monoisotopic (exact) mass is 435 g/mol. The molecule has 2 N–H and O–H groups in total. The van der Waals surface area contributed by atoms with Crippen molar-refractivity contribution in [3.63, 3.8) is 0 Å². The Morgan fingerprint density at radius 2 is 1.90 bits per heavy atom. The van der Waals surface area contributed by atoms with Crippen LogP contribution in [0.5, 0.6) is 0 Å². The van der Waals surface area contributed by atoms with Gasteiger partial charge in [0.1, 0.15) is 6.33 Å². The van der Waals surface area contributed by atoms with Gasteiger partial charge in [-0.05, 0) is 25.1 Å². The predicted molar refractivity (Wildman–Crippen MR) is 104 cm³/mol. The second-order valence-corrected chi connectivity index (χ2v) is 6.78. The van der Waals surface area contributed by atoms with Crippen molar-refractivity contribution >= 4 is 28.2 Å². The second kappa shape index (κ2) is 7.41. The molecule has 1 atom stereocenters. The summed E-state index contributed by atoms with van der Waals surface area (Å²) in [6.45, 7) is 1.71. The lowest BCUT2D eigenvalue weighted by Crippen LogP contribution is -2.17. The highest BCUT2D eigenvalue weighted by Crippen LogP contribution is 2.36. The minimum Gasteiger partial charge on any atom is -0.375 e. The summed E-state index contributed by atoms with van der Waals surface area (Å²) in [7, 11) is 0. The van der Waals surface area contributed by atoms with E-state index >= 15 is 0 Å². The van der Waals surface area contributed by atoms with E-state index in [2.05, 4.69) is 30.4 Å². The Labute approximate surface area is 171 Å². The van der Waals surface area contributed by atoms with Gasteiger partial charge in [-0.15, -0.1) is 0 Å². The summed E-state index contributed by atoms with van der Waals surface area (Å²) in [6, 6.07) is 3.95. The molecule has 1 aromatic carbocycles. The van der Waals surface area contributed by atoms with Gasteiger partial charge in [0.05, 0.1) is 22.1 Å². The van der Waals surface area contributed by atoms with E-state index < -0.39 is 23.3 Å². The Morgan fingerprint density at radius 1 is 1.17 bits per heavy atom. The Balaban J connectivity index is 1.79. The summed E-state index contributed by atoms with van der Waals surface area (Å²) < 4.78 is 41.1. The summed E-state index contributed by atoms with van der Waals surface area (Å²) in [5, 5.41) is 7.01. The maximum atomic E-state index is 13.2. The Hall–Kier alpha value is -3.47. The number of rotatable bonds is 4. The van der Waals surface area contributed by atoms with E-state index in [1.807, 2.05) is 0 Å². The SMILES string of the molecule is CC(Nc1cc(=O)[nH]c2c(Cl)cc(C(F)(F)F)cc12)c1ncnn1-c1ncccn1. The highest BCUT2D eigenvalue weighted by molar-refractivity contribution is 6.35. The molecule has 8 nitrogen and oxygen atoms in total. The zero-order valence-electron chi connectivity index (χ0n) is 15.3. The number of anilines is 1. The van der Waals surface area contributed by atoms with Crippen LogP contribution in [0.2, 0.25) is 5.02 Å². The van der Waals surface area contributed by atoms with Crippen molar-refractivity contribution in [1.29, 1.82) is 0 Å². The first-order chi connectivity index (χ1) is 14.2. The van der Waals surface area contributed by atoms with E-state index in [0.29, 0.717) is 5.82 Å². The average Bonchev–Trinajstić information content (AvgIpc) is 3.18. The van der Waals surface area contributed by atoms with Crippen molar-refractivity contribution in [1.82, 2.24) is 29.7 Å². The van der Waals surface area contributed by atoms with E-state index in [0.717, 1.165) is 18.2 Å². The third kappa shape index (κ3) is 3.71. The van der Waals surface area contributed by atoms with Crippen LogP contribution < -0.4 is 10.9 Å². The van der Waals surface area contributed by atoms with E-state index in [1.165, 1.54) is 23.4 Å². The lowest BCUT2D eigenvalue weighted by atomic mass is 10.1.